The lowest BCUT2D eigenvalue weighted by molar-refractivity contribution is -0.142. The summed E-state index contributed by atoms with van der Waals surface area (Å²) >= 11 is 0. The first-order chi connectivity index (χ1) is 27.4. The third-order valence-electron chi connectivity index (χ3n) is 8.52. The summed E-state index contributed by atoms with van der Waals surface area (Å²) in [6, 6.07) is 24.2. The number of hydrogen-bond acceptors (Lipinski definition) is 11. The van der Waals surface area contributed by atoms with Crippen molar-refractivity contribution in [2.45, 2.75) is 64.3 Å². The Bertz CT molecular complexity index is 2210. The van der Waals surface area contributed by atoms with Gasteiger partial charge in [-0.05, 0) is 80.4 Å². The summed E-state index contributed by atoms with van der Waals surface area (Å²) in [5.74, 6) is 0.575. The van der Waals surface area contributed by atoms with Gasteiger partial charge in [-0.15, -0.1) is 0 Å². The van der Waals surface area contributed by atoms with Crippen molar-refractivity contribution >= 4 is 56.8 Å². The van der Waals surface area contributed by atoms with E-state index in [1.807, 2.05) is 48.9 Å². The van der Waals surface area contributed by atoms with E-state index in [4.69, 9.17) is 19.0 Å². The maximum atomic E-state index is 13.6. The second-order valence-electron chi connectivity index (χ2n) is 12.8. The fraction of sp³-hybridized carbons (Fsp3) is 0.317. The lowest BCUT2D eigenvalue weighted by atomic mass is 10.1. The number of anilines is 2. The second kappa shape index (κ2) is 21.8. The Kier molecular flexibility index (Phi) is 16.7. The molecule has 2 aromatic heterocycles. The first kappa shape index (κ1) is 43.6. The number of hydrogen-bond donors (Lipinski definition) is 3. The molecular weight excluding hydrogens is 751 g/mol. The van der Waals surface area contributed by atoms with Crippen LogP contribution in [-0.2, 0) is 38.0 Å². The highest BCUT2D eigenvalue weighted by Crippen LogP contribution is 2.21. The monoisotopic (exact) mass is 799 g/mol. The summed E-state index contributed by atoms with van der Waals surface area (Å²) in [4.78, 5) is 47.9. The Morgan fingerprint density at radius 3 is 2.37 bits per heavy atom. The van der Waals surface area contributed by atoms with Gasteiger partial charge >= 0.3 is 12.1 Å². The Morgan fingerprint density at radius 1 is 0.947 bits per heavy atom. The van der Waals surface area contributed by atoms with Crippen LogP contribution in [0, 0.1) is 6.92 Å². The molecule has 0 bridgehead atoms. The highest BCUT2D eigenvalue weighted by molar-refractivity contribution is 7.85. The summed E-state index contributed by atoms with van der Waals surface area (Å²) in [5, 5.41) is 7.33. The number of fused-ring (bicyclic) bond motifs is 1. The number of aromatic nitrogens is 3. The molecule has 0 fully saturated rings. The van der Waals surface area contributed by atoms with Crippen LogP contribution in [0.4, 0.5) is 16.3 Å². The molecule has 3 N–H and O–H groups in total. The molecule has 0 saturated heterocycles. The number of rotatable bonds is 17. The van der Waals surface area contributed by atoms with Crippen molar-refractivity contribution in [1.82, 2.24) is 20.0 Å². The minimum Gasteiger partial charge on any atom is -0.466 e. The van der Waals surface area contributed by atoms with Gasteiger partial charge in [0, 0.05) is 31.0 Å². The molecule has 0 aliphatic heterocycles. The molecule has 0 unspecified atom stereocenters. The number of benzene rings is 3. The van der Waals surface area contributed by atoms with E-state index in [0.29, 0.717) is 30.0 Å². The molecule has 0 saturated carbocycles. The zero-order chi connectivity index (χ0) is 41.2. The fourth-order valence-electron chi connectivity index (χ4n) is 5.43. The number of imidazole rings is 1. The van der Waals surface area contributed by atoms with Gasteiger partial charge < -0.3 is 19.4 Å². The van der Waals surface area contributed by atoms with Gasteiger partial charge in [0.2, 0.25) is 0 Å². The van der Waals surface area contributed by atoms with Crippen molar-refractivity contribution < 1.29 is 36.8 Å². The molecule has 2 amide bonds. The largest absolute Gasteiger partial charge is 0.466 e. The van der Waals surface area contributed by atoms with Crippen molar-refractivity contribution in [2.24, 2.45) is 12.1 Å². The van der Waals surface area contributed by atoms with Gasteiger partial charge in [0.15, 0.2) is 0 Å². The van der Waals surface area contributed by atoms with Crippen LogP contribution in [0.5, 0.6) is 0 Å². The molecular formula is C41H49N7O8S. The summed E-state index contributed by atoms with van der Waals surface area (Å²) < 4.78 is 41.7. The Hall–Kier alpha value is -6.13. The molecule has 15 nitrogen and oxygen atoms in total. The lowest BCUT2D eigenvalue weighted by Crippen LogP contribution is -2.34. The van der Waals surface area contributed by atoms with E-state index in [9.17, 15) is 22.8 Å². The number of carbonyl (C=O) groups is 3. The minimum absolute atomic E-state index is 0.0519. The van der Waals surface area contributed by atoms with E-state index < -0.39 is 16.2 Å². The van der Waals surface area contributed by atoms with Gasteiger partial charge in [0.25, 0.3) is 16.0 Å². The molecule has 302 valence electrons. The maximum absolute atomic E-state index is 13.6. The van der Waals surface area contributed by atoms with E-state index in [2.05, 4.69) is 27.8 Å². The molecule has 0 atom stereocenters. The number of esters is 1. The smallest absolute Gasteiger partial charge is 0.427 e. The number of ether oxygens (including phenoxy) is 2. The van der Waals surface area contributed by atoms with Gasteiger partial charge in [0.1, 0.15) is 11.6 Å². The number of unbranched alkanes of at least 4 members (excludes halogenated alkanes) is 3. The van der Waals surface area contributed by atoms with Crippen LogP contribution in [-0.4, -0.2) is 71.4 Å². The maximum Gasteiger partial charge on any atom is 0.427 e. The second-order valence-corrected chi connectivity index (χ2v) is 14.2. The fourth-order valence-corrected chi connectivity index (χ4v) is 5.91. The molecule has 0 spiro atoms. The molecule has 0 aliphatic rings. The number of hydrazone groups is 1. The number of pyridine rings is 1. The van der Waals surface area contributed by atoms with Crippen molar-refractivity contribution in [1.29, 1.82) is 0 Å². The zero-order valence-corrected chi connectivity index (χ0v) is 33.4. The lowest BCUT2D eigenvalue weighted by Gasteiger charge is -2.21. The predicted molar refractivity (Wildman–Crippen MR) is 219 cm³/mol. The van der Waals surface area contributed by atoms with Gasteiger partial charge in [-0.25, -0.2) is 20.2 Å². The van der Waals surface area contributed by atoms with Crippen LogP contribution in [0.25, 0.3) is 11.0 Å². The molecule has 0 radical (unpaired) electrons. The van der Waals surface area contributed by atoms with Gasteiger partial charge in [-0.3, -0.25) is 19.0 Å². The molecule has 0 aliphatic carbocycles. The molecule has 2 heterocycles. The minimum atomic E-state index is -4.02. The Labute approximate surface area is 332 Å². The summed E-state index contributed by atoms with van der Waals surface area (Å²) in [5.41, 5.74) is 7.02. The predicted octanol–water partition coefficient (Wildman–Crippen LogP) is 7.06. The van der Waals surface area contributed by atoms with E-state index in [-0.39, 0.29) is 36.3 Å². The average molecular weight is 800 g/mol. The van der Waals surface area contributed by atoms with Gasteiger partial charge in [0.05, 0.1) is 48.3 Å². The van der Waals surface area contributed by atoms with E-state index >= 15 is 0 Å². The van der Waals surface area contributed by atoms with Crippen LogP contribution in [0.1, 0.15) is 73.3 Å². The molecule has 5 aromatic rings. The zero-order valence-electron chi connectivity index (χ0n) is 32.6. The standard InChI is InChI=1S/C34H41N7O5.C7H8O3S/c1-4-6-7-10-21-46-34(44)39-37-23-25-12-15-27(16-13-25)36-24-31-38-28-22-26(14-17-29(28)40(31)3)33(43)41(20-18-32(42)45-5-2)30-11-8-9-19-35-30;1-6-2-4-7(5-3-6)11(8,9)10/h8-9,11-17,19,22-23,36H,4-7,10,18,20-21,24H2,1-3H3,(H,39,44);2-5H,1H3,(H,8,9,10)/b37-23+;. The number of nitrogens with zero attached hydrogens (tertiary/aromatic N) is 5. The molecule has 5 rings (SSSR count). The van der Waals surface area contributed by atoms with Crippen LogP contribution >= 0.6 is 0 Å². The molecule has 16 heteroatoms. The number of amides is 2. The Balaban J connectivity index is 0.000000563. The summed E-state index contributed by atoms with van der Waals surface area (Å²) in [6.45, 7) is 6.97. The highest BCUT2D eigenvalue weighted by Gasteiger charge is 2.21. The van der Waals surface area contributed by atoms with Gasteiger partial charge in [-0.2, -0.15) is 13.5 Å². The van der Waals surface area contributed by atoms with Crippen molar-refractivity contribution in [3.63, 3.8) is 0 Å². The van der Waals surface area contributed by atoms with E-state index in [1.54, 1.807) is 61.8 Å². The van der Waals surface area contributed by atoms with Crippen molar-refractivity contribution in [3.8, 4) is 0 Å². The normalized spacial score (nSPS) is 11.1. The Morgan fingerprint density at radius 2 is 1.70 bits per heavy atom. The summed E-state index contributed by atoms with van der Waals surface area (Å²) in [6.07, 6.45) is 6.79. The highest BCUT2D eigenvalue weighted by atomic mass is 32.2. The van der Waals surface area contributed by atoms with Crippen molar-refractivity contribution in [2.75, 3.05) is 30.0 Å². The van der Waals surface area contributed by atoms with Crippen LogP contribution < -0.4 is 15.6 Å². The number of aryl methyl sites for hydroxylation is 2. The summed E-state index contributed by atoms with van der Waals surface area (Å²) in [7, 11) is -2.09. The van der Waals surface area contributed by atoms with Crippen LogP contribution in [0.2, 0.25) is 0 Å². The van der Waals surface area contributed by atoms with Crippen molar-refractivity contribution in [3.05, 3.63) is 114 Å². The molecule has 3 aromatic carbocycles. The third kappa shape index (κ3) is 13.8. The molecule has 57 heavy (non-hydrogen) atoms. The van der Waals surface area contributed by atoms with E-state index in [1.165, 1.54) is 17.0 Å². The number of nitrogens with one attached hydrogen (secondary N) is 2. The van der Waals surface area contributed by atoms with E-state index in [0.717, 1.165) is 53.8 Å². The first-order valence-electron chi connectivity index (χ1n) is 18.6. The van der Waals surface area contributed by atoms with Crippen LogP contribution in [0.3, 0.4) is 0 Å². The van der Waals surface area contributed by atoms with Crippen LogP contribution in [0.15, 0.2) is 101 Å². The average Bonchev–Trinajstić information content (AvgIpc) is 3.52. The quantitative estimate of drug-likeness (QED) is 0.0287. The first-order valence-corrected chi connectivity index (χ1v) is 20.0. The SMILES string of the molecule is CCCCCCOC(=O)N/N=C/c1ccc(NCc2nc3cc(C(=O)N(CCC(=O)OCC)c4ccccn4)ccc3n2C)cc1.Cc1ccc(S(=O)(=O)O)cc1. The van der Waals surface area contributed by atoms with Gasteiger partial charge in [-0.1, -0.05) is 62.1 Å². The third-order valence-corrected chi connectivity index (χ3v) is 9.38. The number of carbonyl (C=O) groups excluding carboxylic acids is 3. The topological polar surface area (TPSA) is 194 Å².